The quantitative estimate of drug-likeness (QED) is 0.895. The maximum absolute atomic E-state index is 5.61. The van der Waals surface area contributed by atoms with Gasteiger partial charge in [0.25, 0.3) is 0 Å². The minimum Gasteiger partial charge on any atom is -0.486 e. The molecule has 0 amide bonds. The summed E-state index contributed by atoms with van der Waals surface area (Å²) in [5, 5.41) is 0. The number of hydrogen-bond donors (Lipinski definition) is 1. The molecule has 1 aliphatic heterocycles. The van der Waals surface area contributed by atoms with Gasteiger partial charge in [-0.15, -0.1) is 0 Å². The van der Waals surface area contributed by atoms with Gasteiger partial charge in [-0.05, 0) is 18.2 Å². The van der Waals surface area contributed by atoms with E-state index in [1.807, 2.05) is 18.2 Å². The molecular formula is C13H13NO4. The van der Waals surface area contributed by atoms with Crippen LogP contribution < -0.4 is 19.9 Å². The molecule has 0 fully saturated rings. The zero-order chi connectivity index (χ0) is 12.4. The molecule has 2 aromatic rings. The largest absolute Gasteiger partial charge is 0.486 e. The fraction of sp³-hybridized carbons (Fsp3) is 0.231. The van der Waals surface area contributed by atoms with E-state index in [4.69, 9.17) is 24.4 Å². The number of rotatable bonds is 4. The van der Waals surface area contributed by atoms with Crippen molar-refractivity contribution in [2.75, 3.05) is 6.79 Å². The molecule has 0 bridgehead atoms. The third kappa shape index (κ3) is 2.12. The molecule has 0 atom stereocenters. The van der Waals surface area contributed by atoms with Crippen molar-refractivity contribution < 1.29 is 18.6 Å². The molecular weight excluding hydrogens is 234 g/mol. The number of furan rings is 1. The Balaban J connectivity index is 1.66. The molecule has 1 aromatic carbocycles. The van der Waals surface area contributed by atoms with Gasteiger partial charge in [0.15, 0.2) is 11.5 Å². The fourth-order valence-electron chi connectivity index (χ4n) is 1.73. The molecule has 5 heteroatoms. The Kier molecular flexibility index (Phi) is 2.82. The molecule has 94 valence electrons. The van der Waals surface area contributed by atoms with E-state index in [9.17, 15) is 0 Å². The molecule has 18 heavy (non-hydrogen) atoms. The molecule has 0 aliphatic carbocycles. The second-order valence-corrected chi connectivity index (χ2v) is 3.93. The van der Waals surface area contributed by atoms with Crippen LogP contribution in [0.3, 0.4) is 0 Å². The number of fused-ring (bicyclic) bond motifs is 1. The average molecular weight is 247 g/mol. The van der Waals surface area contributed by atoms with Crippen molar-refractivity contribution in [1.82, 2.24) is 0 Å². The van der Waals surface area contributed by atoms with Crippen molar-refractivity contribution in [2.24, 2.45) is 5.73 Å². The lowest BCUT2D eigenvalue weighted by molar-refractivity contribution is 0.173. The predicted octanol–water partition coefficient (Wildman–Crippen LogP) is 2.05. The van der Waals surface area contributed by atoms with Crippen LogP contribution in [0.1, 0.15) is 11.3 Å². The first-order chi connectivity index (χ1) is 8.85. The van der Waals surface area contributed by atoms with Crippen LogP contribution >= 0.6 is 0 Å². The molecule has 1 aromatic heterocycles. The minimum atomic E-state index is 0.261. The lowest BCUT2D eigenvalue weighted by Gasteiger charge is -2.04. The molecule has 0 unspecified atom stereocenters. The van der Waals surface area contributed by atoms with E-state index in [-0.39, 0.29) is 6.79 Å². The van der Waals surface area contributed by atoms with Gasteiger partial charge < -0.3 is 24.4 Å². The summed E-state index contributed by atoms with van der Waals surface area (Å²) < 4.78 is 21.4. The van der Waals surface area contributed by atoms with Crippen molar-refractivity contribution in [2.45, 2.75) is 13.2 Å². The Morgan fingerprint density at radius 1 is 1.17 bits per heavy atom. The summed E-state index contributed by atoms with van der Waals surface area (Å²) >= 11 is 0. The van der Waals surface area contributed by atoms with E-state index in [2.05, 4.69) is 0 Å². The molecule has 1 aliphatic rings. The van der Waals surface area contributed by atoms with Crippen molar-refractivity contribution in [1.29, 1.82) is 0 Å². The Morgan fingerprint density at radius 2 is 2.06 bits per heavy atom. The summed E-state index contributed by atoms with van der Waals surface area (Å²) in [6, 6.07) is 7.34. The number of benzene rings is 1. The topological polar surface area (TPSA) is 66.9 Å². The van der Waals surface area contributed by atoms with Gasteiger partial charge in [0.05, 0.1) is 6.26 Å². The summed E-state index contributed by atoms with van der Waals surface area (Å²) in [4.78, 5) is 0. The van der Waals surface area contributed by atoms with Crippen molar-refractivity contribution >= 4 is 0 Å². The van der Waals surface area contributed by atoms with Crippen LogP contribution in [-0.2, 0) is 13.2 Å². The van der Waals surface area contributed by atoms with Crippen LogP contribution in [0.15, 0.2) is 34.9 Å². The summed E-state index contributed by atoms with van der Waals surface area (Å²) in [7, 11) is 0. The molecule has 0 saturated heterocycles. The van der Waals surface area contributed by atoms with Gasteiger partial charge in [-0.25, -0.2) is 0 Å². The zero-order valence-electron chi connectivity index (χ0n) is 9.72. The minimum absolute atomic E-state index is 0.261. The van der Waals surface area contributed by atoms with Gasteiger partial charge in [-0.1, -0.05) is 0 Å². The molecule has 3 rings (SSSR count). The zero-order valence-corrected chi connectivity index (χ0v) is 9.72. The van der Waals surface area contributed by atoms with Crippen molar-refractivity contribution in [3.05, 3.63) is 41.9 Å². The molecule has 0 saturated carbocycles. The second-order valence-electron chi connectivity index (χ2n) is 3.93. The predicted molar refractivity (Wildman–Crippen MR) is 63.5 cm³/mol. The summed E-state index contributed by atoms with van der Waals surface area (Å²) in [5.74, 6) is 2.90. The van der Waals surface area contributed by atoms with E-state index in [1.54, 1.807) is 12.3 Å². The van der Waals surface area contributed by atoms with E-state index in [0.717, 1.165) is 17.1 Å². The van der Waals surface area contributed by atoms with Crippen LogP contribution in [0.2, 0.25) is 0 Å². The van der Waals surface area contributed by atoms with Crippen LogP contribution in [0, 0.1) is 0 Å². The highest BCUT2D eigenvalue weighted by atomic mass is 16.7. The first-order valence-electron chi connectivity index (χ1n) is 5.64. The van der Waals surface area contributed by atoms with Crippen LogP contribution in [0.25, 0.3) is 0 Å². The van der Waals surface area contributed by atoms with Gasteiger partial charge in [-0.2, -0.15) is 0 Å². The van der Waals surface area contributed by atoms with Gasteiger partial charge in [-0.3, -0.25) is 0 Å². The standard InChI is InChI=1S/C13H13NO4/c14-5-9-3-11(15-6-9)7-16-10-1-2-12-13(4-10)18-8-17-12/h1-4,6H,5,7-8,14H2. The first kappa shape index (κ1) is 11.0. The van der Waals surface area contributed by atoms with Gasteiger partial charge >= 0.3 is 0 Å². The Bertz CT molecular complexity index is 550. The van der Waals surface area contributed by atoms with Gasteiger partial charge in [0.2, 0.25) is 6.79 Å². The van der Waals surface area contributed by atoms with Crippen LogP contribution in [0.4, 0.5) is 0 Å². The van der Waals surface area contributed by atoms with Gasteiger partial charge in [0.1, 0.15) is 18.1 Å². The van der Waals surface area contributed by atoms with Crippen molar-refractivity contribution in [3.8, 4) is 17.2 Å². The first-order valence-corrected chi connectivity index (χ1v) is 5.64. The third-order valence-corrected chi connectivity index (χ3v) is 2.67. The summed E-state index contributed by atoms with van der Waals surface area (Å²) in [6.07, 6.45) is 1.64. The lowest BCUT2D eigenvalue weighted by Crippen LogP contribution is -1.95. The molecule has 0 spiro atoms. The Morgan fingerprint density at radius 3 is 2.89 bits per heavy atom. The normalized spacial score (nSPS) is 12.7. The average Bonchev–Trinajstić information content (AvgIpc) is 3.04. The summed E-state index contributed by atoms with van der Waals surface area (Å²) in [6.45, 7) is 1.09. The maximum atomic E-state index is 5.61. The smallest absolute Gasteiger partial charge is 0.231 e. The lowest BCUT2D eigenvalue weighted by atomic mass is 10.3. The van der Waals surface area contributed by atoms with Crippen LogP contribution in [0.5, 0.6) is 17.2 Å². The van der Waals surface area contributed by atoms with E-state index in [1.165, 1.54) is 0 Å². The monoisotopic (exact) mass is 247 g/mol. The maximum Gasteiger partial charge on any atom is 0.231 e. The highest BCUT2D eigenvalue weighted by molar-refractivity contribution is 5.46. The SMILES string of the molecule is NCc1coc(COc2ccc3c(c2)OCO3)c1. The number of nitrogens with two attached hydrogens (primary N) is 1. The Hall–Kier alpha value is -2.14. The Labute approximate surface area is 104 Å². The summed E-state index contributed by atoms with van der Waals surface area (Å²) in [5.41, 5.74) is 6.46. The van der Waals surface area contributed by atoms with Crippen molar-refractivity contribution in [3.63, 3.8) is 0 Å². The molecule has 5 nitrogen and oxygen atoms in total. The highest BCUT2D eigenvalue weighted by Crippen LogP contribution is 2.35. The molecule has 2 heterocycles. The van der Waals surface area contributed by atoms with Crippen LogP contribution in [-0.4, -0.2) is 6.79 Å². The second kappa shape index (κ2) is 4.62. The number of ether oxygens (including phenoxy) is 3. The fourth-order valence-corrected chi connectivity index (χ4v) is 1.73. The van der Waals surface area contributed by atoms with E-state index < -0.39 is 0 Å². The van der Waals surface area contributed by atoms with E-state index >= 15 is 0 Å². The highest BCUT2D eigenvalue weighted by Gasteiger charge is 2.13. The molecule has 0 radical (unpaired) electrons. The molecule has 2 N–H and O–H groups in total. The van der Waals surface area contributed by atoms with Gasteiger partial charge in [0, 0.05) is 18.2 Å². The third-order valence-electron chi connectivity index (χ3n) is 2.67. The number of hydrogen-bond acceptors (Lipinski definition) is 5. The van der Waals surface area contributed by atoms with E-state index in [0.29, 0.717) is 24.7 Å².